The predicted molar refractivity (Wildman–Crippen MR) is 151 cm³/mol. The molecule has 0 radical (unpaired) electrons. The van der Waals surface area contributed by atoms with Crippen molar-refractivity contribution in [2.45, 2.75) is 12.8 Å². The van der Waals surface area contributed by atoms with Crippen molar-refractivity contribution in [3.8, 4) is 68.2 Å². The molecule has 0 N–H and O–H groups in total. The summed E-state index contributed by atoms with van der Waals surface area (Å²) >= 11 is 0. The molecule has 0 unspecified atom stereocenters. The number of hydrogen-bond donors (Lipinski definition) is 0. The van der Waals surface area contributed by atoms with Gasteiger partial charge in [-0.05, 0) is 60.4 Å². The highest BCUT2D eigenvalue weighted by Crippen LogP contribution is 2.48. The van der Waals surface area contributed by atoms with Gasteiger partial charge in [-0.25, -0.2) is 0 Å². The van der Waals surface area contributed by atoms with Crippen LogP contribution in [0.2, 0.25) is 0 Å². The van der Waals surface area contributed by atoms with E-state index in [2.05, 4.69) is 145 Å². The van der Waals surface area contributed by atoms with Gasteiger partial charge in [0.05, 0.1) is 35.1 Å². The zero-order valence-electron chi connectivity index (χ0n) is 20.0. The average molecular weight is 457 g/mol. The first kappa shape index (κ1) is 21.7. The van der Waals surface area contributed by atoms with Gasteiger partial charge in [-0.1, -0.05) is 72.8 Å². The van der Waals surface area contributed by atoms with E-state index in [1.54, 1.807) is 0 Å². The fourth-order valence-electron chi connectivity index (χ4n) is 4.63. The third-order valence-corrected chi connectivity index (χ3v) is 6.43. The minimum Gasteiger partial charge on any atom is -0.0610 e. The molecule has 36 heavy (non-hydrogen) atoms. The first-order chi connectivity index (χ1) is 17.9. The van der Waals surface area contributed by atoms with Crippen molar-refractivity contribution in [1.29, 1.82) is 0 Å². The zero-order chi connectivity index (χ0) is 24.2. The van der Waals surface area contributed by atoms with E-state index in [4.69, 9.17) is 0 Å². The minimum atomic E-state index is 0.759. The van der Waals surface area contributed by atoms with Crippen molar-refractivity contribution >= 4 is 0 Å². The van der Waals surface area contributed by atoms with Crippen LogP contribution >= 0.6 is 0 Å². The lowest BCUT2D eigenvalue weighted by Crippen LogP contribution is -1.68. The van der Waals surface area contributed by atoms with Crippen molar-refractivity contribution in [2.24, 2.45) is 0 Å². The maximum atomic E-state index is 3.43. The van der Waals surface area contributed by atoms with Crippen molar-refractivity contribution in [2.75, 3.05) is 0 Å². The van der Waals surface area contributed by atoms with Crippen LogP contribution in [-0.2, 0) is 0 Å². The quantitative estimate of drug-likeness (QED) is 0.138. The van der Waals surface area contributed by atoms with Gasteiger partial charge in [-0.3, -0.25) is 0 Å². The molecule has 0 heterocycles. The molecular weight excluding hydrogens is 432 g/mol. The molecule has 0 spiro atoms. The van der Waals surface area contributed by atoms with Crippen molar-refractivity contribution < 1.29 is 0 Å². The Balaban J connectivity index is 1.18. The summed E-state index contributed by atoms with van der Waals surface area (Å²) in [7, 11) is 0. The number of benzene rings is 4. The Morgan fingerprint density at radius 1 is 0.361 bits per heavy atom. The third kappa shape index (κ3) is 4.46. The highest BCUT2D eigenvalue weighted by Gasteiger charge is 2.37. The van der Waals surface area contributed by atoms with Gasteiger partial charge in [0.25, 0.3) is 0 Å². The predicted octanol–water partition coefficient (Wildman–Crippen LogP) is 8.85. The number of hydrogen-bond acceptors (Lipinski definition) is 0. The first-order valence-corrected chi connectivity index (χ1v) is 12.3. The van der Waals surface area contributed by atoms with Crippen molar-refractivity contribution in [3.05, 3.63) is 132 Å². The van der Waals surface area contributed by atoms with E-state index in [1.165, 1.54) is 44.5 Å². The number of rotatable bonds is 5. The van der Waals surface area contributed by atoms with E-state index in [9.17, 15) is 0 Å². The second-order valence-electron chi connectivity index (χ2n) is 8.82. The third-order valence-electron chi connectivity index (χ3n) is 6.43. The highest BCUT2D eigenvalue weighted by atomic mass is 14.3. The van der Waals surface area contributed by atoms with E-state index < -0.39 is 0 Å². The molecule has 0 aromatic heterocycles. The molecule has 6 rings (SSSR count). The molecule has 0 atom stereocenters. The molecule has 6 aromatic rings. The molecule has 0 heteroatoms. The van der Waals surface area contributed by atoms with Crippen LogP contribution in [0.15, 0.2) is 121 Å². The monoisotopic (exact) mass is 456 g/mol. The lowest BCUT2D eigenvalue weighted by molar-refractivity contribution is 1.12. The van der Waals surface area contributed by atoms with Crippen LogP contribution in [0.5, 0.6) is 0 Å². The highest BCUT2D eigenvalue weighted by molar-refractivity contribution is 6.04. The van der Waals surface area contributed by atoms with Gasteiger partial charge in [-0.15, -0.1) is 0 Å². The van der Waals surface area contributed by atoms with Gasteiger partial charge in [0.1, 0.15) is 22.3 Å². The molecular formula is C36H24+2. The van der Waals surface area contributed by atoms with Gasteiger partial charge in [0.2, 0.25) is 0 Å². The summed E-state index contributed by atoms with van der Waals surface area (Å²) in [5.41, 5.74) is 12.4. The van der Waals surface area contributed by atoms with Crippen LogP contribution in [0, 0.1) is 23.7 Å². The molecule has 0 aliphatic carbocycles. The van der Waals surface area contributed by atoms with E-state index in [0.29, 0.717) is 0 Å². The van der Waals surface area contributed by atoms with Crippen LogP contribution < -0.4 is 0 Å². The topological polar surface area (TPSA) is 0 Å². The maximum absolute atomic E-state index is 3.43. The van der Waals surface area contributed by atoms with E-state index in [0.717, 1.165) is 24.0 Å². The summed E-state index contributed by atoms with van der Waals surface area (Å²) in [6.45, 7) is 0. The van der Waals surface area contributed by atoms with Gasteiger partial charge >= 0.3 is 0 Å². The van der Waals surface area contributed by atoms with Crippen LogP contribution in [-0.4, -0.2) is 0 Å². The molecule has 0 amide bonds. The average Bonchev–Trinajstić information content (AvgIpc) is 3.86. The van der Waals surface area contributed by atoms with Crippen LogP contribution in [0.1, 0.15) is 24.0 Å². The molecule has 0 aliphatic heterocycles. The molecule has 166 valence electrons. The second kappa shape index (κ2) is 9.84. The van der Waals surface area contributed by atoms with Crippen LogP contribution in [0.3, 0.4) is 0 Å². The van der Waals surface area contributed by atoms with E-state index in [-0.39, 0.29) is 0 Å². The Morgan fingerprint density at radius 3 is 0.861 bits per heavy atom. The standard InChI is InChI=1S/C36H24/c1(15-25-31-33(27-17-7-3-8-18-27)34(31)28-19-9-4-10-20-28)2-16-26-32-35(29-21-11-5-12-22-29)36(32)30-23-13-6-14-24-30/h3-14,17-24H,1-2H2/q+2. The van der Waals surface area contributed by atoms with Crippen molar-refractivity contribution in [3.63, 3.8) is 0 Å². The lowest BCUT2D eigenvalue weighted by atomic mass is 10.1. The van der Waals surface area contributed by atoms with E-state index in [1.807, 2.05) is 0 Å². The molecule has 6 aromatic carbocycles. The number of unbranched alkanes of at least 4 members (excludes halogenated alkanes) is 1. The van der Waals surface area contributed by atoms with Gasteiger partial charge in [0, 0.05) is 11.8 Å². The van der Waals surface area contributed by atoms with Gasteiger partial charge < -0.3 is 0 Å². The maximum Gasteiger partial charge on any atom is 0.170 e. The summed E-state index contributed by atoms with van der Waals surface area (Å²) < 4.78 is 0. The molecule has 0 nitrogen and oxygen atoms in total. The Morgan fingerprint density at radius 2 is 0.611 bits per heavy atom. The Bertz CT molecular complexity index is 1410. The van der Waals surface area contributed by atoms with Crippen LogP contribution in [0.4, 0.5) is 0 Å². The molecule has 0 bridgehead atoms. The smallest absolute Gasteiger partial charge is 0.0610 e. The molecule has 0 saturated heterocycles. The normalized spacial score (nSPS) is 10.6. The summed E-state index contributed by atoms with van der Waals surface area (Å²) in [6.07, 6.45) is 1.52. The summed E-state index contributed by atoms with van der Waals surface area (Å²) in [6, 6.07) is 42.2. The Hall–Kier alpha value is -4.78. The van der Waals surface area contributed by atoms with Crippen LogP contribution in [0.25, 0.3) is 44.5 Å². The molecule has 0 aliphatic rings. The Labute approximate surface area is 213 Å². The van der Waals surface area contributed by atoms with E-state index >= 15 is 0 Å². The summed E-state index contributed by atoms with van der Waals surface area (Å²) in [4.78, 5) is 0. The second-order valence-corrected chi connectivity index (χ2v) is 8.82. The summed E-state index contributed by atoms with van der Waals surface area (Å²) in [5.74, 6) is 13.6. The van der Waals surface area contributed by atoms with Gasteiger partial charge in [-0.2, -0.15) is 0 Å². The minimum absolute atomic E-state index is 0.759. The SMILES string of the molecule is C(#C[c+]1c(-c2ccccc2)c1-c1ccccc1)CCC#C[c+]1c(-c2ccccc2)c1-c1ccccc1. The Kier molecular flexibility index (Phi) is 5.94. The first-order valence-electron chi connectivity index (χ1n) is 12.3. The fourth-order valence-corrected chi connectivity index (χ4v) is 4.63. The van der Waals surface area contributed by atoms with Crippen molar-refractivity contribution in [1.82, 2.24) is 0 Å². The lowest BCUT2D eigenvalue weighted by Gasteiger charge is -1.86. The fraction of sp³-hybridized carbons (Fsp3) is 0.0556. The largest absolute Gasteiger partial charge is 0.170 e. The van der Waals surface area contributed by atoms with Gasteiger partial charge in [0.15, 0.2) is 11.1 Å². The zero-order valence-corrected chi connectivity index (χ0v) is 20.0. The molecule has 0 fully saturated rings. The summed E-state index contributed by atoms with van der Waals surface area (Å²) in [5, 5.41) is 0. The molecule has 0 saturated carbocycles.